The van der Waals surface area contributed by atoms with Crippen LogP contribution in [0.4, 0.5) is 0 Å². The number of nitrogens with zero attached hydrogens (tertiary/aromatic N) is 1. The quantitative estimate of drug-likeness (QED) is 0.933. The number of hydrogen-bond donors (Lipinski definition) is 1. The predicted molar refractivity (Wildman–Crippen MR) is 95.4 cm³/mol. The van der Waals surface area contributed by atoms with E-state index < -0.39 is 0 Å². The van der Waals surface area contributed by atoms with Gasteiger partial charge >= 0.3 is 0 Å². The van der Waals surface area contributed by atoms with Gasteiger partial charge in [0.1, 0.15) is 11.5 Å². The van der Waals surface area contributed by atoms with Crippen molar-refractivity contribution in [2.24, 2.45) is 5.92 Å². The molecule has 0 saturated carbocycles. The van der Waals surface area contributed by atoms with Gasteiger partial charge in [-0.25, -0.2) is 0 Å². The summed E-state index contributed by atoms with van der Waals surface area (Å²) in [5.41, 5.74) is 4.13. The highest BCUT2D eigenvalue weighted by molar-refractivity contribution is 5.37. The Kier molecular flexibility index (Phi) is 4.19. The summed E-state index contributed by atoms with van der Waals surface area (Å²) >= 11 is 0. The number of benzene rings is 2. The molecule has 2 atom stereocenters. The third kappa shape index (κ3) is 3.13. The molecule has 2 aromatic carbocycles. The van der Waals surface area contributed by atoms with E-state index in [1.165, 1.54) is 29.5 Å². The Labute approximate surface area is 143 Å². The zero-order valence-corrected chi connectivity index (χ0v) is 14.2. The smallest absolute Gasteiger partial charge is 0.118 e. The van der Waals surface area contributed by atoms with Crippen molar-refractivity contribution >= 4 is 0 Å². The van der Waals surface area contributed by atoms with E-state index in [9.17, 15) is 5.11 Å². The minimum Gasteiger partial charge on any atom is -0.508 e. The Morgan fingerprint density at radius 2 is 1.88 bits per heavy atom. The first-order valence-corrected chi connectivity index (χ1v) is 8.89. The minimum absolute atomic E-state index is 0.403. The number of ether oxygens (including phenoxy) is 1. The van der Waals surface area contributed by atoms with Crippen LogP contribution in [0.25, 0.3) is 0 Å². The number of piperidine rings is 1. The number of fused-ring (bicyclic) bond motifs is 2. The number of hydrogen-bond acceptors (Lipinski definition) is 3. The van der Waals surface area contributed by atoms with Crippen LogP contribution in [0.15, 0.2) is 42.5 Å². The summed E-state index contributed by atoms with van der Waals surface area (Å²) in [6.07, 6.45) is 4.77. The zero-order valence-electron chi connectivity index (χ0n) is 14.2. The second-order valence-electron chi connectivity index (χ2n) is 7.24. The molecule has 2 heterocycles. The molecule has 0 spiro atoms. The lowest BCUT2D eigenvalue weighted by Gasteiger charge is -2.42. The normalized spacial score (nSPS) is 23.4. The van der Waals surface area contributed by atoms with Gasteiger partial charge in [-0.3, -0.25) is 4.90 Å². The second-order valence-corrected chi connectivity index (χ2v) is 7.24. The molecule has 1 aliphatic carbocycles. The molecule has 1 N–H and O–H groups in total. The van der Waals surface area contributed by atoms with Gasteiger partial charge in [-0.1, -0.05) is 18.2 Å². The fourth-order valence-corrected chi connectivity index (χ4v) is 4.31. The predicted octanol–water partition coefficient (Wildman–Crippen LogP) is 3.78. The lowest BCUT2D eigenvalue weighted by molar-refractivity contribution is 0.0937. The molecule has 2 bridgehead atoms. The van der Waals surface area contributed by atoms with Gasteiger partial charge in [-0.05, 0) is 72.6 Å². The number of aromatic hydroxyl groups is 1. The summed E-state index contributed by atoms with van der Waals surface area (Å²) in [6, 6.07) is 15.0. The minimum atomic E-state index is 0.403. The maximum absolute atomic E-state index is 9.79. The van der Waals surface area contributed by atoms with Gasteiger partial charge in [0.2, 0.25) is 0 Å². The molecule has 3 aliphatic rings. The number of phenolic OH excluding ortho intramolecular Hbond substituents is 1. The summed E-state index contributed by atoms with van der Waals surface area (Å²) < 4.78 is 5.26. The maximum atomic E-state index is 9.79. The van der Waals surface area contributed by atoms with Crippen molar-refractivity contribution in [1.29, 1.82) is 0 Å². The van der Waals surface area contributed by atoms with Gasteiger partial charge in [0.25, 0.3) is 0 Å². The van der Waals surface area contributed by atoms with Gasteiger partial charge < -0.3 is 9.84 Å². The molecule has 0 aromatic heterocycles. The van der Waals surface area contributed by atoms with E-state index in [2.05, 4.69) is 35.2 Å². The molecular weight excluding hydrogens is 298 g/mol. The van der Waals surface area contributed by atoms with E-state index in [-0.39, 0.29) is 0 Å². The molecule has 1 fully saturated rings. The highest BCUT2D eigenvalue weighted by Gasteiger charge is 2.31. The summed E-state index contributed by atoms with van der Waals surface area (Å²) in [7, 11) is 1.71. The van der Waals surface area contributed by atoms with Gasteiger partial charge in [-0.2, -0.15) is 0 Å². The standard InChI is InChI=1S/C21H25NO2/c1-24-21-8-3-15(4-9-21)13-22-14-16-2-6-19(22)11-17-5-7-20(23)12-18(17)10-16/h3-5,7-9,12,16,19,23H,2,6,10-11,13-14H2,1H3. The number of phenols is 1. The van der Waals surface area contributed by atoms with Crippen LogP contribution >= 0.6 is 0 Å². The Hall–Kier alpha value is -2.00. The molecule has 126 valence electrons. The van der Waals surface area contributed by atoms with Crippen molar-refractivity contribution in [2.75, 3.05) is 13.7 Å². The maximum Gasteiger partial charge on any atom is 0.118 e. The summed E-state index contributed by atoms with van der Waals surface area (Å²) in [6.45, 7) is 2.17. The Morgan fingerprint density at radius 1 is 1.04 bits per heavy atom. The molecule has 2 aliphatic heterocycles. The third-order valence-electron chi connectivity index (χ3n) is 5.62. The average Bonchev–Trinajstić information content (AvgIpc) is 2.57. The largest absolute Gasteiger partial charge is 0.508 e. The van der Waals surface area contributed by atoms with E-state index in [4.69, 9.17) is 4.74 Å². The molecule has 2 unspecified atom stereocenters. The molecule has 24 heavy (non-hydrogen) atoms. The third-order valence-corrected chi connectivity index (χ3v) is 5.62. The molecule has 0 amide bonds. The van der Waals surface area contributed by atoms with Crippen molar-refractivity contribution in [1.82, 2.24) is 4.90 Å². The van der Waals surface area contributed by atoms with Crippen molar-refractivity contribution < 1.29 is 9.84 Å². The Balaban J connectivity index is 1.54. The van der Waals surface area contributed by atoms with E-state index in [1.54, 1.807) is 7.11 Å². The molecule has 3 heteroatoms. The van der Waals surface area contributed by atoms with Crippen LogP contribution in [0, 0.1) is 5.92 Å². The van der Waals surface area contributed by atoms with Crippen LogP contribution in [-0.4, -0.2) is 29.7 Å². The van der Waals surface area contributed by atoms with Crippen LogP contribution in [0.2, 0.25) is 0 Å². The molecule has 0 radical (unpaired) electrons. The highest BCUT2D eigenvalue weighted by Crippen LogP contribution is 2.34. The van der Waals surface area contributed by atoms with Crippen LogP contribution in [0.5, 0.6) is 11.5 Å². The topological polar surface area (TPSA) is 32.7 Å². The van der Waals surface area contributed by atoms with Gasteiger partial charge in [-0.15, -0.1) is 0 Å². The van der Waals surface area contributed by atoms with Crippen molar-refractivity contribution in [3.05, 3.63) is 59.2 Å². The van der Waals surface area contributed by atoms with Crippen LogP contribution in [0.1, 0.15) is 29.5 Å². The van der Waals surface area contributed by atoms with Gasteiger partial charge in [0.15, 0.2) is 0 Å². The van der Waals surface area contributed by atoms with Gasteiger partial charge in [0, 0.05) is 19.1 Å². The lowest BCUT2D eigenvalue weighted by Crippen LogP contribution is -2.46. The molecule has 5 rings (SSSR count). The molecular formula is C21H25NO2. The fourth-order valence-electron chi connectivity index (χ4n) is 4.31. The SMILES string of the molecule is COc1ccc(CN2CC3CCC2Cc2ccc(O)cc2C3)cc1. The lowest BCUT2D eigenvalue weighted by atomic mass is 9.80. The highest BCUT2D eigenvalue weighted by atomic mass is 16.5. The first kappa shape index (κ1) is 15.5. The Bertz CT molecular complexity index is 710. The van der Waals surface area contributed by atoms with Crippen molar-refractivity contribution in [3.8, 4) is 11.5 Å². The van der Waals surface area contributed by atoms with Crippen molar-refractivity contribution in [2.45, 2.75) is 38.3 Å². The monoisotopic (exact) mass is 323 g/mol. The summed E-state index contributed by atoms with van der Waals surface area (Å²) in [4.78, 5) is 2.66. The van der Waals surface area contributed by atoms with E-state index in [1.807, 2.05) is 12.1 Å². The Morgan fingerprint density at radius 3 is 2.67 bits per heavy atom. The molecule has 3 nitrogen and oxygen atoms in total. The summed E-state index contributed by atoms with van der Waals surface area (Å²) in [5, 5.41) is 9.79. The van der Waals surface area contributed by atoms with E-state index >= 15 is 0 Å². The first-order chi connectivity index (χ1) is 11.7. The van der Waals surface area contributed by atoms with Crippen LogP contribution in [-0.2, 0) is 19.4 Å². The van der Waals surface area contributed by atoms with E-state index in [0.29, 0.717) is 17.7 Å². The van der Waals surface area contributed by atoms with Crippen molar-refractivity contribution in [3.63, 3.8) is 0 Å². The van der Waals surface area contributed by atoms with E-state index in [0.717, 1.165) is 31.7 Å². The number of rotatable bonds is 3. The van der Waals surface area contributed by atoms with Gasteiger partial charge in [0.05, 0.1) is 7.11 Å². The summed E-state index contributed by atoms with van der Waals surface area (Å²) in [5.74, 6) is 2.02. The second kappa shape index (κ2) is 6.48. The first-order valence-electron chi connectivity index (χ1n) is 8.89. The zero-order chi connectivity index (χ0) is 16.5. The fraction of sp³-hybridized carbons (Fsp3) is 0.429. The number of methoxy groups -OCH3 is 1. The molecule has 2 aromatic rings. The average molecular weight is 323 g/mol. The van der Waals surface area contributed by atoms with Crippen LogP contribution in [0.3, 0.4) is 0 Å². The van der Waals surface area contributed by atoms with Crippen LogP contribution < -0.4 is 4.74 Å². The molecule has 1 saturated heterocycles.